The van der Waals surface area contributed by atoms with Gasteiger partial charge in [0.25, 0.3) is 5.91 Å². The highest BCUT2D eigenvalue weighted by molar-refractivity contribution is 7.80. The Bertz CT molecular complexity index is 1180. The lowest BCUT2D eigenvalue weighted by Crippen LogP contribution is -2.40. The summed E-state index contributed by atoms with van der Waals surface area (Å²) >= 11 is 5.28. The Balaban J connectivity index is 1.84. The minimum Gasteiger partial charge on any atom is -0.382 e. The Labute approximate surface area is 204 Å². The first-order valence-electron chi connectivity index (χ1n) is 11.2. The number of fused-ring (bicyclic) bond motifs is 2. The lowest BCUT2D eigenvalue weighted by Gasteiger charge is -2.21. The van der Waals surface area contributed by atoms with Crippen LogP contribution in [0.4, 0.5) is 10.5 Å². The molecule has 0 atom stereocenters. The maximum Gasteiger partial charge on any atom is 0.314 e. The maximum absolute atomic E-state index is 13.0. The van der Waals surface area contributed by atoms with E-state index in [1.54, 1.807) is 13.1 Å². The molecular weight excluding hydrogens is 450 g/mol. The molecule has 1 heterocycles. The first-order valence-corrected chi connectivity index (χ1v) is 11.6. The summed E-state index contributed by atoms with van der Waals surface area (Å²) in [5.74, 6) is -0.240. The summed E-state index contributed by atoms with van der Waals surface area (Å²) in [6, 6.07) is 13.2. The van der Waals surface area contributed by atoms with E-state index < -0.39 is 0 Å². The monoisotopic (exact) mass is 481 g/mol. The molecule has 10 heteroatoms. The van der Waals surface area contributed by atoms with Crippen LogP contribution in [-0.4, -0.2) is 73.8 Å². The summed E-state index contributed by atoms with van der Waals surface area (Å²) in [4.78, 5) is 31.2. The van der Waals surface area contributed by atoms with Crippen molar-refractivity contribution in [2.45, 2.75) is 6.92 Å². The molecule has 3 rings (SSSR count). The summed E-state index contributed by atoms with van der Waals surface area (Å²) in [5, 5.41) is 17.2. The molecule has 3 aromatic rings. The second-order valence-electron chi connectivity index (χ2n) is 7.65. The molecule has 0 aliphatic rings. The number of amides is 3. The third kappa shape index (κ3) is 6.02. The van der Waals surface area contributed by atoms with Crippen LogP contribution in [0.25, 0.3) is 21.8 Å². The average molecular weight is 482 g/mol. The summed E-state index contributed by atoms with van der Waals surface area (Å²) in [6.07, 6.45) is 0. The molecule has 0 saturated heterocycles. The van der Waals surface area contributed by atoms with Crippen LogP contribution in [0.15, 0.2) is 42.5 Å². The molecule has 0 fully saturated rings. The number of benzene rings is 2. The highest BCUT2D eigenvalue weighted by Crippen LogP contribution is 2.32. The van der Waals surface area contributed by atoms with Crippen LogP contribution in [0.1, 0.15) is 17.3 Å². The zero-order valence-electron chi connectivity index (χ0n) is 19.7. The predicted octanol–water partition coefficient (Wildman–Crippen LogP) is 2.28. The first-order chi connectivity index (χ1) is 16.5. The quantitative estimate of drug-likeness (QED) is 0.181. The number of rotatable bonds is 9. The summed E-state index contributed by atoms with van der Waals surface area (Å²) in [5.41, 5.74) is 2.83. The van der Waals surface area contributed by atoms with Crippen molar-refractivity contribution in [3.05, 3.63) is 48.0 Å². The number of nitrogens with zero attached hydrogens (tertiary/aromatic N) is 2. The van der Waals surface area contributed by atoms with E-state index in [0.29, 0.717) is 48.9 Å². The number of thiocarbonyl (C=S) groups is 1. The number of likely N-dealkylation sites (N-methyl/N-ethyl adjacent to an activating group) is 1. The van der Waals surface area contributed by atoms with Gasteiger partial charge in [-0.1, -0.05) is 30.3 Å². The van der Waals surface area contributed by atoms with E-state index in [0.717, 1.165) is 22.0 Å². The van der Waals surface area contributed by atoms with E-state index in [1.165, 1.54) is 0 Å². The maximum atomic E-state index is 13.0. The van der Waals surface area contributed by atoms with Crippen LogP contribution in [0, 0.1) is 0 Å². The van der Waals surface area contributed by atoms with E-state index in [1.807, 2.05) is 55.3 Å². The number of carbonyl (C=O) groups excluding carboxylic acids is 2. The molecule has 2 aromatic carbocycles. The first kappa shape index (κ1) is 25.0. The fourth-order valence-corrected chi connectivity index (χ4v) is 3.69. The van der Waals surface area contributed by atoms with Crippen molar-refractivity contribution < 1.29 is 9.59 Å². The normalized spacial score (nSPS) is 10.6. The highest BCUT2D eigenvalue weighted by Gasteiger charge is 2.16. The molecule has 5 N–H and O–H groups in total. The molecule has 180 valence electrons. The largest absolute Gasteiger partial charge is 0.382 e. The van der Waals surface area contributed by atoms with Crippen LogP contribution in [0.2, 0.25) is 0 Å². The number of nitrogens with one attached hydrogen (secondary N) is 5. The van der Waals surface area contributed by atoms with Gasteiger partial charge in [-0.05, 0) is 31.3 Å². The van der Waals surface area contributed by atoms with Crippen molar-refractivity contribution in [1.29, 1.82) is 0 Å². The minimum absolute atomic E-state index is 0.240. The molecule has 0 aliphatic carbocycles. The second kappa shape index (κ2) is 12.0. The zero-order chi connectivity index (χ0) is 24.5. The molecular formula is C24H31N7O2S. The van der Waals surface area contributed by atoms with Gasteiger partial charge in [0, 0.05) is 57.6 Å². The number of pyridine rings is 1. The van der Waals surface area contributed by atoms with Gasteiger partial charge >= 0.3 is 6.03 Å². The van der Waals surface area contributed by atoms with Gasteiger partial charge in [-0.2, -0.15) is 0 Å². The van der Waals surface area contributed by atoms with Gasteiger partial charge in [0.15, 0.2) is 5.11 Å². The summed E-state index contributed by atoms with van der Waals surface area (Å²) in [7, 11) is 3.74. The standard InChI is InChI=1S/C24H31N7O2S/c1-4-26-23(33)29-13-12-28-22(32)18-10-7-9-17-20(27-14-15-31(3)24(34)25-2)16-8-5-6-11-19(16)30-21(17)18/h5-11H,4,12-15H2,1-3H3,(H,25,34)(H,27,30)(H,28,32)(H2,26,29,33). The number of urea groups is 1. The van der Waals surface area contributed by atoms with Crippen molar-refractivity contribution in [3.63, 3.8) is 0 Å². The van der Waals surface area contributed by atoms with Crippen LogP contribution in [-0.2, 0) is 0 Å². The number of carbonyl (C=O) groups is 2. The van der Waals surface area contributed by atoms with Gasteiger partial charge < -0.3 is 31.5 Å². The lowest BCUT2D eigenvalue weighted by atomic mass is 10.0. The number of hydrogen-bond acceptors (Lipinski definition) is 5. The van der Waals surface area contributed by atoms with Crippen molar-refractivity contribution in [1.82, 2.24) is 31.2 Å². The van der Waals surface area contributed by atoms with E-state index >= 15 is 0 Å². The number of anilines is 1. The Kier molecular flexibility index (Phi) is 8.80. The minimum atomic E-state index is -0.258. The molecule has 0 radical (unpaired) electrons. The number of hydrogen-bond donors (Lipinski definition) is 5. The third-order valence-corrected chi connectivity index (χ3v) is 5.81. The smallest absolute Gasteiger partial charge is 0.314 e. The average Bonchev–Trinajstić information content (AvgIpc) is 2.85. The van der Waals surface area contributed by atoms with E-state index in [9.17, 15) is 9.59 Å². The number of para-hydroxylation sites is 2. The SMILES string of the molecule is CCNC(=O)NCCNC(=O)c1cccc2c(NCCN(C)C(=S)NC)c3ccccc3nc12. The van der Waals surface area contributed by atoms with Crippen molar-refractivity contribution in [3.8, 4) is 0 Å². The van der Waals surface area contributed by atoms with E-state index in [-0.39, 0.29) is 11.9 Å². The number of aromatic nitrogens is 1. The van der Waals surface area contributed by atoms with E-state index in [4.69, 9.17) is 17.2 Å². The van der Waals surface area contributed by atoms with Crippen molar-refractivity contribution in [2.75, 3.05) is 52.1 Å². The Morgan fingerprint density at radius 1 is 0.971 bits per heavy atom. The second-order valence-corrected chi connectivity index (χ2v) is 8.04. The van der Waals surface area contributed by atoms with Crippen LogP contribution in [0.3, 0.4) is 0 Å². The Morgan fingerprint density at radius 3 is 2.47 bits per heavy atom. The zero-order valence-corrected chi connectivity index (χ0v) is 20.5. The molecule has 0 aliphatic heterocycles. The molecule has 3 amide bonds. The van der Waals surface area contributed by atoms with Gasteiger partial charge in [0.05, 0.1) is 22.3 Å². The lowest BCUT2D eigenvalue weighted by molar-refractivity contribution is 0.0955. The van der Waals surface area contributed by atoms with Gasteiger partial charge in [0.1, 0.15) is 0 Å². The van der Waals surface area contributed by atoms with Gasteiger partial charge in [-0.15, -0.1) is 0 Å². The fraction of sp³-hybridized carbons (Fsp3) is 0.333. The van der Waals surface area contributed by atoms with Crippen LogP contribution < -0.4 is 26.6 Å². The summed E-state index contributed by atoms with van der Waals surface area (Å²) < 4.78 is 0. The van der Waals surface area contributed by atoms with Crippen molar-refractivity contribution >= 4 is 56.8 Å². The fourth-order valence-electron chi connectivity index (χ4n) is 3.60. The predicted molar refractivity (Wildman–Crippen MR) is 141 cm³/mol. The Morgan fingerprint density at radius 2 is 1.71 bits per heavy atom. The van der Waals surface area contributed by atoms with Gasteiger partial charge in [0.2, 0.25) is 0 Å². The molecule has 9 nitrogen and oxygen atoms in total. The topological polar surface area (TPSA) is 110 Å². The molecule has 1 aromatic heterocycles. The van der Waals surface area contributed by atoms with Gasteiger partial charge in [-0.3, -0.25) is 4.79 Å². The summed E-state index contributed by atoms with van der Waals surface area (Å²) in [6.45, 7) is 4.38. The van der Waals surface area contributed by atoms with Crippen LogP contribution in [0.5, 0.6) is 0 Å². The van der Waals surface area contributed by atoms with E-state index in [2.05, 4.69) is 26.6 Å². The van der Waals surface area contributed by atoms with Gasteiger partial charge in [-0.25, -0.2) is 9.78 Å². The third-order valence-electron chi connectivity index (χ3n) is 5.30. The molecule has 0 bridgehead atoms. The molecule has 34 heavy (non-hydrogen) atoms. The van der Waals surface area contributed by atoms with Crippen molar-refractivity contribution in [2.24, 2.45) is 0 Å². The molecule has 0 saturated carbocycles. The highest BCUT2D eigenvalue weighted by atomic mass is 32.1. The Hall–Kier alpha value is -3.66. The molecule has 0 spiro atoms. The molecule has 0 unspecified atom stereocenters. The van der Waals surface area contributed by atoms with Crippen LogP contribution >= 0.6 is 12.2 Å².